The summed E-state index contributed by atoms with van der Waals surface area (Å²) in [7, 11) is 0. The molecule has 7 nitrogen and oxygen atoms in total. The Balaban J connectivity index is 0. The molecule has 0 bridgehead atoms. The summed E-state index contributed by atoms with van der Waals surface area (Å²) in [6, 6.07) is -1.32. The van der Waals surface area contributed by atoms with Gasteiger partial charge < -0.3 is 30.5 Å². The molecule has 0 aromatic rings. The van der Waals surface area contributed by atoms with Crippen molar-refractivity contribution in [3.8, 4) is 0 Å². The molecular formula is C9H19NO6. The Labute approximate surface area is 93.7 Å². The molecule has 5 N–H and O–H groups in total. The van der Waals surface area contributed by atoms with E-state index in [1.54, 1.807) is 0 Å². The Hall–Kier alpha value is -1.02. The summed E-state index contributed by atoms with van der Waals surface area (Å²) in [5, 5.41) is 38.2. The molecule has 0 aromatic carbocycles. The SMILES string of the molecule is C.CC(=O)N[C@@H](C=O)[C@@H](O)[C@H](O)[C@H](O)CO. The van der Waals surface area contributed by atoms with Crippen LogP contribution in [-0.2, 0) is 9.59 Å². The van der Waals surface area contributed by atoms with E-state index in [0.29, 0.717) is 0 Å². The van der Waals surface area contributed by atoms with Crippen LogP contribution < -0.4 is 5.32 Å². The van der Waals surface area contributed by atoms with Gasteiger partial charge in [-0.15, -0.1) is 0 Å². The predicted molar refractivity (Wildman–Crippen MR) is 55.5 cm³/mol. The molecule has 0 saturated heterocycles. The number of carbonyl (C=O) groups excluding carboxylic acids is 2. The number of aliphatic hydroxyl groups is 4. The second kappa shape index (κ2) is 8.17. The molecule has 0 spiro atoms. The van der Waals surface area contributed by atoms with Crippen molar-refractivity contribution in [1.29, 1.82) is 0 Å². The minimum atomic E-state index is -1.71. The first-order valence-electron chi connectivity index (χ1n) is 4.31. The molecule has 0 rings (SSSR count). The van der Waals surface area contributed by atoms with Gasteiger partial charge in [0.1, 0.15) is 30.6 Å². The third-order valence-electron chi connectivity index (χ3n) is 1.82. The minimum Gasteiger partial charge on any atom is -0.394 e. The van der Waals surface area contributed by atoms with Crippen molar-refractivity contribution < 1.29 is 30.0 Å². The third kappa shape index (κ3) is 5.17. The number of hydrogen-bond acceptors (Lipinski definition) is 6. The van der Waals surface area contributed by atoms with Crippen LogP contribution in [0.25, 0.3) is 0 Å². The summed E-state index contributed by atoms with van der Waals surface area (Å²) in [4.78, 5) is 21.1. The summed E-state index contributed by atoms with van der Waals surface area (Å²) in [5.74, 6) is -0.558. The molecule has 0 aliphatic heterocycles. The second-order valence-electron chi connectivity index (χ2n) is 3.09. The van der Waals surface area contributed by atoms with Gasteiger partial charge in [-0.05, 0) is 0 Å². The van der Waals surface area contributed by atoms with Gasteiger partial charge in [0.25, 0.3) is 0 Å². The van der Waals surface area contributed by atoms with Crippen LogP contribution in [0.15, 0.2) is 0 Å². The average molecular weight is 237 g/mol. The summed E-state index contributed by atoms with van der Waals surface area (Å²) in [5.41, 5.74) is 0. The zero-order valence-corrected chi connectivity index (χ0v) is 8.20. The highest BCUT2D eigenvalue weighted by molar-refractivity contribution is 5.77. The molecule has 7 heteroatoms. The van der Waals surface area contributed by atoms with Gasteiger partial charge in [-0.25, -0.2) is 0 Å². The molecule has 0 unspecified atom stereocenters. The number of nitrogens with one attached hydrogen (secondary N) is 1. The van der Waals surface area contributed by atoms with Gasteiger partial charge in [0.15, 0.2) is 0 Å². The Morgan fingerprint density at radius 1 is 1.31 bits per heavy atom. The monoisotopic (exact) mass is 237 g/mol. The molecule has 1 amide bonds. The zero-order chi connectivity index (χ0) is 12.0. The Morgan fingerprint density at radius 3 is 2.12 bits per heavy atom. The van der Waals surface area contributed by atoms with E-state index in [9.17, 15) is 19.8 Å². The number of carbonyl (C=O) groups is 2. The lowest BCUT2D eigenvalue weighted by Gasteiger charge is -2.25. The summed E-state index contributed by atoms with van der Waals surface area (Å²) >= 11 is 0. The molecule has 0 fully saturated rings. The lowest BCUT2D eigenvalue weighted by atomic mass is 10.0. The number of hydrogen-bond donors (Lipinski definition) is 5. The molecule has 0 radical (unpaired) electrons. The second-order valence-corrected chi connectivity index (χ2v) is 3.09. The molecule has 0 aliphatic rings. The van der Waals surface area contributed by atoms with Crippen LogP contribution in [0.4, 0.5) is 0 Å². The predicted octanol–water partition coefficient (Wildman–Crippen LogP) is -2.60. The van der Waals surface area contributed by atoms with Gasteiger partial charge >= 0.3 is 0 Å². The van der Waals surface area contributed by atoms with Crippen molar-refractivity contribution in [3.05, 3.63) is 0 Å². The van der Waals surface area contributed by atoms with Crippen LogP contribution >= 0.6 is 0 Å². The molecule has 0 heterocycles. The van der Waals surface area contributed by atoms with Crippen LogP contribution in [-0.4, -0.2) is 63.6 Å². The van der Waals surface area contributed by atoms with Crippen molar-refractivity contribution in [2.24, 2.45) is 0 Å². The fourth-order valence-electron chi connectivity index (χ4n) is 0.983. The van der Waals surface area contributed by atoms with E-state index in [4.69, 9.17) is 10.2 Å². The maximum Gasteiger partial charge on any atom is 0.217 e. The normalized spacial score (nSPS) is 17.6. The highest BCUT2D eigenvalue weighted by atomic mass is 16.4. The van der Waals surface area contributed by atoms with Crippen LogP contribution in [0, 0.1) is 0 Å². The first-order chi connectivity index (χ1) is 6.93. The average Bonchev–Trinajstić information content (AvgIpc) is 2.22. The van der Waals surface area contributed by atoms with Crippen molar-refractivity contribution in [1.82, 2.24) is 5.32 Å². The van der Waals surface area contributed by atoms with E-state index >= 15 is 0 Å². The molecular weight excluding hydrogens is 218 g/mol. The van der Waals surface area contributed by atoms with Crippen LogP contribution in [0.2, 0.25) is 0 Å². The standard InChI is InChI=1S/C8H15NO6.CH4/c1-4(12)9-5(2-10)7(14)8(15)6(13)3-11;/h2,5-8,11,13-15H,3H2,1H3,(H,9,12);1H4/t5-,6+,7+,8+;/m0./s1. The number of aliphatic hydroxyl groups excluding tert-OH is 4. The van der Waals surface area contributed by atoms with Crippen molar-refractivity contribution >= 4 is 12.2 Å². The smallest absolute Gasteiger partial charge is 0.217 e. The fourth-order valence-corrected chi connectivity index (χ4v) is 0.983. The topological polar surface area (TPSA) is 127 Å². The van der Waals surface area contributed by atoms with E-state index in [0.717, 1.165) is 6.92 Å². The Kier molecular flexibility index (Phi) is 8.87. The van der Waals surface area contributed by atoms with Crippen molar-refractivity contribution in [3.63, 3.8) is 0 Å². The van der Waals surface area contributed by atoms with E-state index in [1.165, 1.54) is 0 Å². The van der Waals surface area contributed by atoms with E-state index < -0.39 is 36.9 Å². The van der Waals surface area contributed by atoms with Gasteiger partial charge in [0.05, 0.1) is 6.61 Å². The van der Waals surface area contributed by atoms with Gasteiger partial charge in [-0.3, -0.25) is 4.79 Å². The maximum atomic E-state index is 10.6. The van der Waals surface area contributed by atoms with Crippen LogP contribution in [0.1, 0.15) is 14.4 Å². The molecule has 0 saturated carbocycles. The highest BCUT2D eigenvalue weighted by Gasteiger charge is 2.31. The molecule has 4 atom stereocenters. The first-order valence-corrected chi connectivity index (χ1v) is 4.31. The minimum absolute atomic E-state index is 0. The largest absolute Gasteiger partial charge is 0.394 e. The van der Waals surface area contributed by atoms with Crippen molar-refractivity contribution in [2.45, 2.75) is 38.7 Å². The number of amides is 1. The van der Waals surface area contributed by atoms with E-state index in [2.05, 4.69) is 5.32 Å². The number of aldehydes is 1. The maximum absolute atomic E-state index is 10.6. The molecule has 0 aromatic heterocycles. The lowest BCUT2D eigenvalue weighted by molar-refractivity contribution is -0.129. The summed E-state index contributed by atoms with van der Waals surface area (Å²) in [6.45, 7) is 0.377. The Bertz CT molecular complexity index is 222. The van der Waals surface area contributed by atoms with Gasteiger partial charge in [0.2, 0.25) is 5.91 Å². The zero-order valence-electron chi connectivity index (χ0n) is 8.20. The summed E-state index contributed by atoms with van der Waals surface area (Å²) in [6.07, 6.45) is -4.72. The van der Waals surface area contributed by atoms with E-state index in [-0.39, 0.29) is 13.7 Å². The van der Waals surface area contributed by atoms with Gasteiger partial charge in [0, 0.05) is 6.92 Å². The number of rotatable bonds is 6. The van der Waals surface area contributed by atoms with Crippen LogP contribution in [0.3, 0.4) is 0 Å². The third-order valence-corrected chi connectivity index (χ3v) is 1.82. The quantitative estimate of drug-likeness (QED) is 0.322. The molecule has 0 aliphatic carbocycles. The lowest BCUT2D eigenvalue weighted by Crippen LogP contribution is -2.53. The van der Waals surface area contributed by atoms with Crippen molar-refractivity contribution in [2.75, 3.05) is 6.61 Å². The fraction of sp³-hybridized carbons (Fsp3) is 0.778. The van der Waals surface area contributed by atoms with Gasteiger partial charge in [-0.2, -0.15) is 0 Å². The van der Waals surface area contributed by atoms with Gasteiger partial charge in [-0.1, -0.05) is 7.43 Å². The summed E-state index contributed by atoms with van der Waals surface area (Å²) < 4.78 is 0. The molecule has 96 valence electrons. The van der Waals surface area contributed by atoms with E-state index in [1.807, 2.05) is 0 Å². The molecule has 16 heavy (non-hydrogen) atoms. The van der Waals surface area contributed by atoms with Crippen LogP contribution in [0.5, 0.6) is 0 Å². The highest BCUT2D eigenvalue weighted by Crippen LogP contribution is 2.03. The Morgan fingerprint density at radius 2 is 1.81 bits per heavy atom. The first kappa shape index (κ1) is 17.4.